The summed E-state index contributed by atoms with van der Waals surface area (Å²) < 4.78 is 15.1. The average molecular weight is 252 g/mol. The first-order valence-corrected chi connectivity index (χ1v) is 6.11. The van der Waals surface area contributed by atoms with E-state index in [2.05, 4.69) is 16.1 Å². The molecule has 3 aromatic rings. The molecule has 0 unspecified atom stereocenters. The molecule has 0 spiro atoms. The third kappa shape index (κ3) is 2.03. The summed E-state index contributed by atoms with van der Waals surface area (Å²) in [5, 5.41) is 0. The quantitative estimate of drug-likeness (QED) is 0.643. The van der Waals surface area contributed by atoms with Crippen molar-refractivity contribution >= 4 is 11.0 Å². The molecule has 0 aliphatic heterocycles. The normalized spacial score (nSPS) is 10.8. The second-order valence-electron chi connectivity index (χ2n) is 4.33. The summed E-state index contributed by atoms with van der Waals surface area (Å²) in [6.07, 6.45) is 1.83. The smallest absolute Gasteiger partial charge is 0.141 e. The van der Waals surface area contributed by atoms with Crippen LogP contribution >= 0.6 is 0 Å². The third-order valence-electron chi connectivity index (χ3n) is 3.07. The number of fused-ring (bicyclic) bond motifs is 1. The third-order valence-corrected chi connectivity index (χ3v) is 3.07. The second-order valence-corrected chi connectivity index (χ2v) is 4.33. The Morgan fingerprint density at radius 3 is 2.58 bits per heavy atom. The van der Waals surface area contributed by atoms with E-state index in [1.165, 1.54) is 12.1 Å². The van der Waals surface area contributed by atoms with E-state index in [0.29, 0.717) is 6.54 Å². The highest BCUT2D eigenvalue weighted by molar-refractivity contribution is 5.80. The highest BCUT2D eigenvalue weighted by Crippen LogP contribution is 2.24. The van der Waals surface area contributed by atoms with Gasteiger partial charge in [-0.05, 0) is 36.4 Å². The molecule has 0 saturated carbocycles. The molecule has 1 heterocycles. The highest BCUT2D eigenvalue weighted by atomic mass is 19.1. The van der Waals surface area contributed by atoms with Crippen molar-refractivity contribution in [2.45, 2.75) is 6.54 Å². The van der Waals surface area contributed by atoms with Gasteiger partial charge in [0.15, 0.2) is 0 Å². The van der Waals surface area contributed by atoms with Crippen molar-refractivity contribution in [1.82, 2.24) is 9.55 Å². The predicted molar refractivity (Wildman–Crippen MR) is 75.3 cm³/mol. The van der Waals surface area contributed by atoms with E-state index in [4.69, 9.17) is 0 Å². The summed E-state index contributed by atoms with van der Waals surface area (Å²) in [4.78, 5) is 4.62. The first kappa shape index (κ1) is 11.7. The molecule has 1 aromatic heterocycles. The lowest BCUT2D eigenvalue weighted by Crippen LogP contribution is -1.98. The van der Waals surface area contributed by atoms with Gasteiger partial charge in [-0.15, -0.1) is 6.58 Å². The molecule has 2 nitrogen and oxygen atoms in total. The molecule has 0 amide bonds. The fraction of sp³-hybridized carbons (Fsp3) is 0.0625. The van der Waals surface area contributed by atoms with Crippen molar-refractivity contribution < 1.29 is 4.39 Å². The molecular weight excluding hydrogens is 239 g/mol. The maximum absolute atomic E-state index is 13.0. The van der Waals surface area contributed by atoms with Gasteiger partial charge in [-0.3, -0.25) is 0 Å². The zero-order valence-corrected chi connectivity index (χ0v) is 10.4. The number of hydrogen-bond donors (Lipinski definition) is 0. The predicted octanol–water partition coefficient (Wildman–Crippen LogP) is 4.03. The fourth-order valence-electron chi connectivity index (χ4n) is 2.21. The number of allylic oxidation sites excluding steroid dienone is 1. The number of para-hydroxylation sites is 2. The monoisotopic (exact) mass is 252 g/mol. The zero-order valence-electron chi connectivity index (χ0n) is 10.4. The molecule has 0 aliphatic carbocycles. The Morgan fingerprint density at radius 2 is 1.84 bits per heavy atom. The maximum Gasteiger partial charge on any atom is 0.141 e. The van der Waals surface area contributed by atoms with Crippen molar-refractivity contribution in [2.75, 3.05) is 0 Å². The number of hydrogen-bond acceptors (Lipinski definition) is 1. The van der Waals surface area contributed by atoms with Gasteiger partial charge in [-0.2, -0.15) is 0 Å². The lowest BCUT2D eigenvalue weighted by Gasteiger charge is -2.06. The molecule has 94 valence electrons. The zero-order chi connectivity index (χ0) is 13.2. The number of rotatable bonds is 3. The number of halogens is 1. The minimum atomic E-state index is -0.241. The summed E-state index contributed by atoms with van der Waals surface area (Å²) in [5.74, 6) is 0.594. The van der Waals surface area contributed by atoms with E-state index in [0.717, 1.165) is 22.4 Å². The van der Waals surface area contributed by atoms with E-state index >= 15 is 0 Å². The molecule has 0 fully saturated rings. The van der Waals surface area contributed by atoms with Crippen LogP contribution in [0.1, 0.15) is 0 Å². The van der Waals surface area contributed by atoms with Gasteiger partial charge in [-0.25, -0.2) is 9.37 Å². The van der Waals surface area contributed by atoms with Crippen LogP contribution in [0.15, 0.2) is 61.2 Å². The second kappa shape index (κ2) is 4.69. The van der Waals surface area contributed by atoms with Gasteiger partial charge in [0.1, 0.15) is 11.6 Å². The van der Waals surface area contributed by atoms with Crippen molar-refractivity contribution in [1.29, 1.82) is 0 Å². The number of nitrogens with zero attached hydrogens (tertiary/aromatic N) is 2. The first-order chi connectivity index (χ1) is 9.29. The van der Waals surface area contributed by atoms with E-state index in [9.17, 15) is 4.39 Å². The topological polar surface area (TPSA) is 17.8 Å². The lowest BCUT2D eigenvalue weighted by molar-refractivity contribution is 0.628. The summed E-state index contributed by atoms with van der Waals surface area (Å²) in [6.45, 7) is 4.46. The standard InChI is InChI=1S/C16H13FN2/c1-2-11-19-15-6-4-3-5-14(15)18-16(19)12-7-9-13(17)10-8-12/h2-10H,1,11H2. The van der Waals surface area contributed by atoms with Gasteiger partial charge in [-0.1, -0.05) is 18.2 Å². The summed E-state index contributed by atoms with van der Waals surface area (Å²) in [7, 11) is 0. The molecule has 19 heavy (non-hydrogen) atoms. The van der Waals surface area contributed by atoms with Crippen LogP contribution in [0.25, 0.3) is 22.4 Å². The van der Waals surface area contributed by atoms with E-state index < -0.39 is 0 Å². The molecule has 3 heteroatoms. The van der Waals surface area contributed by atoms with Crippen LogP contribution in [0, 0.1) is 5.82 Å². The fourth-order valence-corrected chi connectivity index (χ4v) is 2.21. The Balaban J connectivity index is 2.24. The van der Waals surface area contributed by atoms with Gasteiger partial charge in [0, 0.05) is 12.1 Å². The molecular formula is C16H13FN2. The molecule has 0 atom stereocenters. The molecule has 3 rings (SSSR count). The number of imidazole rings is 1. The lowest BCUT2D eigenvalue weighted by atomic mass is 10.2. The maximum atomic E-state index is 13.0. The van der Waals surface area contributed by atoms with Gasteiger partial charge >= 0.3 is 0 Å². The highest BCUT2D eigenvalue weighted by Gasteiger charge is 2.11. The van der Waals surface area contributed by atoms with Crippen LogP contribution < -0.4 is 0 Å². The molecule has 0 saturated heterocycles. The molecule has 0 bridgehead atoms. The Labute approximate surface area is 110 Å². The Kier molecular flexibility index (Phi) is 2.88. The van der Waals surface area contributed by atoms with Crippen LogP contribution in [0.5, 0.6) is 0 Å². The Morgan fingerprint density at radius 1 is 1.11 bits per heavy atom. The average Bonchev–Trinajstić information content (AvgIpc) is 2.79. The largest absolute Gasteiger partial charge is 0.320 e. The van der Waals surface area contributed by atoms with Gasteiger partial charge in [0.25, 0.3) is 0 Å². The summed E-state index contributed by atoms with van der Waals surface area (Å²) in [5.41, 5.74) is 2.89. The summed E-state index contributed by atoms with van der Waals surface area (Å²) >= 11 is 0. The molecule has 0 aliphatic rings. The van der Waals surface area contributed by atoms with Crippen molar-refractivity contribution in [3.05, 3.63) is 67.0 Å². The minimum Gasteiger partial charge on any atom is -0.320 e. The summed E-state index contributed by atoms with van der Waals surface area (Å²) in [6, 6.07) is 14.3. The molecule has 2 aromatic carbocycles. The van der Waals surface area contributed by atoms with Gasteiger partial charge in [0.2, 0.25) is 0 Å². The van der Waals surface area contributed by atoms with Crippen LogP contribution in [-0.4, -0.2) is 9.55 Å². The minimum absolute atomic E-state index is 0.241. The van der Waals surface area contributed by atoms with Crippen molar-refractivity contribution in [3.63, 3.8) is 0 Å². The van der Waals surface area contributed by atoms with Gasteiger partial charge < -0.3 is 4.57 Å². The van der Waals surface area contributed by atoms with Crippen LogP contribution in [-0.2, 0) is 6.54 Å². The number of aromatic nitrogens is 2. The number of benzene rings is 2. The van der Waals surface area contributed by atoms with E-state index in [1.54, 1.807) is 12.1 Å². The van der Waals surface area contributed by atoms with E-state index in [-0.39, 0.29) is 5.82 Å². The SMILES string of the molecule is C=CCn1c(-c2ccc(F)cc2)nc2ccccc21. The molecule has 0 N–H and O–H groups in total. The van der Waals surface area contributed by atoms with Crippen LogP contribution in [0.3, 0.4) is 0 Å². The van der Waals surface area contributed by atoms with Crippen LogP contribution in [0.2, 0.25) is 0 Å². The first-order valence-electron chi connectivity index (χ1n) is 6.11. The van der Waals surface area contributed by atoms with Crippen LogP contribution in [0.4, 0.5) is 4.39 Å². The molecule has 0 radical (unpaired) electrons. The van der Waals surface area contributed by atoms with E-state index in [1.807, 2.05) is 30.3 Å². The van der Waals surface area contributed by atoms with Crippen molar-refractivity contribution in [2.24, 2.45) is 0 Å². The van der Waals surface area contributed by atoms with Crippen molar-refractivity contribution in [3.8, 4) is 11.4 Å². The van der Waals surface area contributed by atoms with Gasteiger partial charge in [0.05, 0.1) is 11.0 Å². The Hall–Kier alpha value is -2.42. The Bertz CT molecular complexity index is 726.